The number of aromatic nitrogens is 1. The van der Waals surface area contributed by atoms with E-state index in [2.05, 4.69) is 22.4 Å². The standard InChI is InChI=1S/C11H17N3O/c1-14-4-2-11(3-5-14)8-12-6-9-7-13-15-10(9)11/h7,12H,2-6,8H2,1H3. The Morgan fingerprint density at radius 2 is 2.27 bits per heavy atom. The van der Waals surface area contributed by atoms with Gasteiger partial charge in [0.1, 0.15) is 5.76 Å². The van der Waals surface area contributed by atoms with Crippen LogP contribution in [0.4, 0.5) is 0 Å². The summed E-state index contributed by atoms with van der Waals surface area (Å²) in [6.45, 7) is 4.27. The summed E-state index contributed by atoms with van der Waals surface area (Å²) in [4.78, 5) is 2.38. The highest BCUT2D eigenvalue weighted by Gasteiger charge is 2.42. The number of nitrogens with one attached hydrogen (secondary N) is 1. The van der Waals surface area contributed by atoms with Crippen LogP contribution in [0.15, 0.2) is 10.7 Å². The van der Waals surface area contributed by atoms with Gasteiger partial charge in [0.25, 0.3) is 0 Å². The van der Waals surface area contributed by atoms with Crippen molar-refractivity contribution in [3.63, 3.8) is 0 Å². The number of hydrogen-bond donors (Lipinski definition) is 1. The molecule has 2 aliphatic rings. The molecule has 0 bridgehead atoms. The van der Waals surface area contributed by atoms with Crippen LogP contribution in [0.1, 0.15) is 24.2 Å². The van der Waals surface area contributed by atoms with Crippen molar-refractivity contribution in [3.05, 3.63) is 17.5 Å². The number of likely N-dealkylation sites (tertiary alicyclic amines) is 1. The summed E-state index contributed by atoms with van der Waals surface area (Å²) < 4.78 is 5.48. The van der Waals surface area contributed by atoms with E-state index in [4.69, 9.17) is 4.52 Å². The molecule has 1 N–H and O–H groups in total. The average molecular weight is 207 g/mol. The maximum Gasteiger partial charge on any atom is 0.148 e. The van der Waals surface area contributed by atoms with Crippen molar-refractivity contribution >= 4 is 0 Å². The van der Waals surface area contributed by atoms with Gasteiger partial charge >= 0.3 is 0 Å². The van der Waals surface area contributed by atoms with Crippen molar-refractivity contribution < 1.29 is 4.52 Å². The van der Waals surface area contributed by atoms with Crippen LogP contribution in [0, 0.1) is 0 Å². The second-order valence-corrected chi connectivity index (χ2v) is 4.87. The first kappa shape index (κ1) is 9.36. The Morgan fingerprint density at radius 3 is 3.07 bits per heavy atom. The summed E-state index contributed by atoms with van der Waals surface area (Å²) in [7, 11) is 2.18. The summed E-state index contributed by atoms with van der Waals surface area (Å²) in [5.74, 6) is 1.15. The van der Waals surface area contributed by atoms with Gasteiger partial charge in [-0.05, 0) is 33.0 Å². The smallest absolute Gasteiger partial charge is 0.148 e. The van der Waals surface area contributed by atoms with Gasteiger partial charge in [0, 0.05) is 24.1 Å². The lowest BCUT2D eigenvalue weighted by Gasteiger charge is -2.41. The molecule has 2 aliphatic heterocycles. The van der Waals surface area contributed by atoms with Crippen molar-refractivity contribution in [3.8, 4) is 0 Å². The summed E-state index contributed by atoms with van der Waals surface area (Å²) in [6.07, 6.45) is 4.22. The number of piperidine rings is 1. The Bertz CT molecular complexity index is 352. The Hall–Kier alpha value is -0.870. The lowest BCUT2D eigenvalue weighted by molar-refractivity contribution is 0.145. The van der Waals surface area contributed by atoms with Crippen LogP contribution in [0.5, 0.6) is 0 Å². The van der Waals surface area contributed by atoms with Gasteiger partial charge in [-0.1, -0.05) is 5.16 Å². The first-order valence-electron chi connectivity index (χ1n) is 5.63. The van der Waals surface area contributed by atoms with E-state index in [0.29, 0.717) is 0 Å². The number of rotatable bonds is 0. The van der Waals surface area contributed by atoms with E-state index < -0.39 is 0 Å². The largest absolute Gasteiger partial charge is 0.360 e. The van der Waals surface area contributed by atoms with E-state index in [1.165, 1.54) is 18.4 Å². The third-order valence-corrected chi connectivity index (χ3v) is 3.85. The molecule has 1 fully saturated rings. The molecule has 15 heavy (non-hydrogen) atoms. The van der Waals surface area contributed by atoms with Crippen molar-refractivity contribution in [2.45, 2.75) is 24.8 Å². The molecule has 1 aromatic rings. The van der Waals surface area contributed by atoms with Crippen molar-refractivity contribution in [1.29, 1.82) is 0 Å². The molecule has 1 saturated heterocycles. The molecule has 0 radical (unpaired) electrons. The number of nitrogens with zero attached hydrogens (tertiary/aromatic N) is 2. The topological polar surface area (TPSA) is 41.3 Å². The molecule has 4 nitrogen and oxygen atoms in total. The maximum atomic E-state index is 5.48. The molecule has 0 saturated carbocycles. The summed E-state index contributed by atoms with van der Waals surface area (Å²) >= 11 is 0. The van der Waals surface area contributed by atoms with Crippen molar-refractivity contribution in [1.82, 2.24) is 15.4 Å². The molecule has 1 aromatic heterocycles. The highest BCUT2D eigenvalue weighted by molar-refractivity contribution is 5.27. The zero-order chi connectivity index (χ0) is 10.3. The van der Waals surface area contributed by atoms with Gasteiger partial charge < -0.3 is 14.7 Å². The van der Waals surface area contributed by atoms with Gasteiger partial charge in [-0.2, -0.15) is 0 Å². The molecule has 0 atom stereocenters. The number of hydrogen-bond acceptors (Lipinski definition) is 4. The molecule has 0 unspecified atom stereocenters. The first-order chi connectivity index (χ1) is 7.30. The van der Waals surface area contributed by atoms with Gasteiger partial charge in [-0.3, -0.25) is 0 Å². The zero-order valence-electron chi connectivity index (χ0n) is 9.12. The molecule has 0 aliphatic carbocycles. The average Bonchev–Trinajstić information content (AvgIpc) is 2.72. The van der Waals surface area contributed by atoms with E-state index in [1.54, 1.807) is 0 Å². The fourth-order valence-corrected chi connectivity index (χ4v) is 2.79. The molecular formula is C11H17N3O. The van der Waals surface area contributed by atoms with E-state index in [9.17, 15) is 0 Å². The second kappa shape index (κ2) is 3.32. The Labute approximate surface area is 89.6 Å². The van der Waals surface area contributed by atoms with Crippen LogP contribution in [-0.2, 0) is 12.0 Å². The van der Waals surface area contributed by atoms with Crippen LogP contribution in [0.3, 0.4) is 0 Å². The summed E-state index contributed by atoms with van der Waals surface area (Å²) in [5.41, 5.74) is 1.47. The second-order valence-electron chi connectivity index (χ2n) is 4.87. The Balaban J connectivity index is 1.94. The lowest BCUT2D eigenvalue weighted by atomic mass is 9.73. The molecule has 0 aromatic carbocycles. The van der Waals surface area contributed by atoms with E-state index in [1.807, 2.05) is 6.20 Å². The molecule has 4 heteroatoms. The van der Waals surface area contributed by atoms with Crippen LogP contribution >= 0.6 is 0 Å². The van der Waals surface area contributed by atoms with Gasteiger partial charge in [-0.15, -0.1) is 0 Å². The number of fused-ring (bicyclic) bond motifs is 2. The minimum Gasteiger partial charge on any atom is -0.360 e. The maximum absolute atomic E-state index is 5.48. The van der Waals surface area contributed by atoms with E-state index in [0.717, 1.165) is 31.9 Å². The van der Waals surface area contributed by atoms with E-state index in [-0.39, 0.29) is 5.41 Å². The van der Waals surface area contributed by atoms with Gasteiger partial charge in [0.15, 0.2) is 0 Å². The fraction of sp³-hybridized carbons (Fsp3) is 0.727. The third kappa shape index (κ3) is 1.40. The Morgan fingerprint density at radius 1 is 1.47 bits per heavy atom. The first-order valence-corrected chi connectivity index (χ1v) is 5.63. The predicted molar refractivity (Wildman–Crippen MR) is 56.6 cm³/mol. The molecule has 0 amide bonds. The molecule has 3 rings (SSSR count). The monoisotopic (exact) mass is 207 g/mol. The van der Waals surface area contributed by atoms with Gasteiger partial charge in [0.05, 0.1) is 6.20 Å². The minimum atomic E-state index is 0.219. The Kier molecular flexibility index (Phi) is 2.07. The summed E-state index contributed by atoms with van der Waals surface area (Å²) in [5, 5.41) is 7.43. The van der Waals surface area contributed by atoms with Crippen molar-refractivity contribution in [2.24, 2.45) is 0 Å². The third-order valence-electron chi connectivity index (χ3n) is 3.85. The highest BCUT2D eigenvalue weighted by atomic mass is 16.5. The zero-order valence-corrected chi connectivity index (χ0v) is 9.12. The quantitative estimate of drug-likeness (QED) is 0.681. The molecule has 82 valence electrons. The van der Waals surface area contributed by atoms with Crippen LogP contribution < -0.4 is 5.32 Å². The van der Waals surface area contributed by atoms with Crippen LogP contribution in [-0.4, -0.2) is 36.7 Å². The predicted octanol–water partition coefficient (Wildman–Crippen LogP) is 0.741. The minimum absolute atomic E-state index is 0.219. The highest BCUT2D eigenvalue weighted by Crippen LogP contribution is 2.38. The normalized spacial score (nSPS) is 25.4. The molecular weight excluding hydrogens is 190 g/mol. The molecule has 1 spiro atoms. The van der Waals surface area contributed by atoms with Crippen molar-refractivity contribution in [2.75, 3.05) is 26.7 Å². The molecule has 3 heterocycles. The SMILES string of the molecule is CN1CCC2(CC1)CNCc1cnoc12. The van der Waals surface area contributed by atoms with Gasteiger partial charge in [0.2, 0.25) is 0 Å². The lowest BCUT2D eigenvalue weighted by Crippen LogP contribution is -2.49. The van der Waals surface area contributed by atoms with Gasteiger partial charge in [-0.25, -0.2) is 0 Å². The van der Waals surface area contributed by atoms with Crippen LogP contribution in [0.25, 0.3) is 0 Å². The van der Waals surface area contributed by atoms with E-state index >= 15 is 0 Å². The fourth-order valence-electron chi connectivity index (χ4n) is 2.79. The van der Waals surface area contributed by atoms with Crippen LogP contribution in [0.2, 0.25) is 0 Å². The summed E-state index contributed by atoms with van der Waals surface area (Å²) in [6, 6.07) is 0.